The third-order valence-electron chi connectivity index (χ3n) is 3.12. The molecule has 0 aromatic rings. The van der Waals surface area contributed by atoms with Crippen LogP contribution in [0.3, 0.4) is 0 Å². The van der Waals surface area contributed by atoms with Crippen LogP contribution in [0.1, 0.15) is 46.0 Å². The second-order valence-corrected chi connectivity index (χ2v) is 7.34. The molecular formula is C11H23NO3S. The van der Waals surface area contributed by atoms with Gasteiger partial charge in [-0.05, 0) is 31.1 Å². The third kappa shape index (κ3) is 4.80. The normalized spacial score (nSPS) is 25.6. The van der Waals surface area contributed by atoms with Crippen LogP contribution in [0.25, 0.3) is 0 Å². The zero-order valence-corrected chi connectivity index (χ0v) is 11.0. The first-order chi connectivity index (χ1) is 7.35. The van der Waals surface area contributed by atoms with E-state index in [0.717, 1.165) is 19.3 Å². The minimum absolute atomic E-state index is 0.0282. The number of sulfonamides is 1. The Morgan fingerprint density at radius 2 is 2.12 bits per heavy atom. The van der Waals surface area contributed by atoms with E-state index in [1.807, 2.05) is 0 Å². The molecule has 0 aliphatic heterocycles. The Labute approximate surface area is 98.5 Å². The van der Waals surface area contributed by atoms with Crippen molar-refractivity contribution in [3.05, 3.63) is 0 Å². The molecule has 1 unspecified atom stereocenters. The zero-order valence-electron chi connectivity index (χ0n) is 10.2. The molecule has 96 valence electrons. The summed E-state index contributed by atoms with van der Waals surface area (Å²) in [6.45, 7) is 4.29. The highest BCUT2D eigenvalue weighted by atomic mass is 32.2. The fourth-order valence-corrected chi connectivity index (χ4v) is 3.70. The standard InChI is InChI=1S/C11H23NO3S/c1-11(2)6-3-5-10(9-11)12-16(14,15)8-4-7-13/h10,12-13H,3-9H2,1-2H3. The minimum atomic E-state index is -3.20. The molecule has 1 atom stereocenters. The van der Waals surface area contributed by atoms with Gasteiger partial charge in [0.25, 0.3) is 0 Å². The number of aliphatic hydroxyl groups is 1. The van der Waals surface area contributed by atoms with E-state index in [1.54, 1.807) is 0 Å². The number of rotatable bonds is 5. The molecule has 1 aliphatic rings. The second kappa shape index (κ2) is 5.47. The molecule has 5 heteroatoms. The highest BCUT2D eigenvalue weighted by Crippen LogP contribution is 2.35. The number of nitrogens with one attached hydrogen (secondary N) is 1. The molecule has 1 aliphatic carbocycles. The monoisotopic (exact) mass is 249 g/mol. The van der Waals surface area contributed by atoms with E-state index < -0.39 is 10.0 Å². The van der Waals surface area contributed by atoms with Gasteiger partial charge in [0.15, 0.2) is 0 Å². The number of aliphatic hydroxyl groups excluding tert-OH is 1. The van der Waals surface area contributed by atoms with Gasteiger partial charge in [0, 0.05) is 12.6 Å². The van der Waals surface area contributed by atoms with E-state index in [4.69, 9.17) is 5.11 Å². The summed E-state index contributed by atoms with van der Waals surface area (Å²) in [6, 6.07) is 0.0763. The van der Waals surface area contributed by atoms with Crippen LogP contribution in [0.4, 0.5) is 0 Å². The molecule has 0 bridgehead atoms. The molecule has 1 rings (SSSR count). The Morgan fingerprint density at radius 1 is 1.44 bits per heavy atom. The lowest BCUT2D eigenvalue weighted by molar-refractivity contribution is 0.212. The summed E-state index contributed by atoms with van der Waals surface area (Å²) < 4.78 is 26.0. The van der Waals surface area contributed by atoms with Gasteiger partial charge >= 0.3 is 0 Å². The molecule has 4 nitrogen and oxygen atoms in total. The van der Waals surface area contributed by atoms with Gasteiger partial charge in [0.05, 0.1) is 5.75 Å². The Morgan fingerprint density at radius 3 is 2.69 bits per heavy atom. The lowest BCUT2D eigenvalue weighted by Gasteiger charge is -2.35. The maximum Gasteiger partial charge on any atom is 0.211 e. The van der Waals surface area contributed by atoms with E-state index in [2.05, 4.69) is 18.6 Å². The maximum absolute atomic E-state index is 11.6. The first-order valence-electron chi connectivity index (χ1n) is 5.95. The van der Waals surface area contributed by atoms with Crippen molar-refractivity contribution in [2.24, 2.45) is 5.41 Å². The average molecular weight is 249 g/mol. The highest BCUT2D eigenvalue weighted by Gasteiger charge is 2.29. The van der Waals surface area contributed by atoms with E-state index >= 15 is 0 Å². The molecule has 0 spiro atoms. The van der Waals surface area contributed by atoms with Gasteiger partial charge in [-0.3, -0.25) is 0 Å². The van der Waals surface area contributed by atoms with Crippen LogP contribution in [-0.4, -0.2) is 31.9 Å². The van der Waals surface area contributed by atoms with Crippen LogP contribution in [-0.2, 0) is 10.0 Å². The van der Waals surface area contributed by atoms with Crippen molar-refractivity contribution in [2.45, 2.75) is 52.0 Å². The Bertz CT molecular complexity index is 311. The van der Waals surface area contributed by atoms with Crippen LogP contribution in [0, 0.1) is 5.41 Å². The van der Waals surface area contributed by atoms with E-state index in [1.165, 1.54) is 6.42 Å². The minimum Gasteiger partial charge on any atom is -0.396 e. The van der Waals surface area contributed by atoms with Gasteiger partial charge in [-0.1, -0.05) is 20.3 Å². The third-order valence-corrected chi connectivity index (χ3v) is 4.64. The second-order valence-electron chi connectivity index (χ2n) is 5.47. The summed E-state index contributed by atoms with van der Waals surface area (Å²) in [5.41, 5.74) is 0.239. The van der Waals surface area contributed by atoms with Crippen LogP contribution < -0.4 is 4.72 Å². The molecule has 0 heterocycles. The Kier molecular flexibility index (Phi) is 4.76. The first-order valence-corrected chi connectivity index (χ1v) is 7.61. The molecule has 0 radical (unpaired) electrons. The van der Waals surface area contributed by atoms with Gasteiger partial charge in [0.1, 0.15) is 0 Å². The van der Waals surface area contributed by atoms with Gasteiger partial charge in [0.2, 0.25) is 10.0 Å². The molecule has 1 saturated carbocycles. The molecule has 16 heavy (non-hydrogen) atoms. The summed E-state index contributed by atoms with van der Waals surface area (Å²) in [7, 11) is -3.20. The molecule has 1 fully saturated rings. The van der Waals surface area contributed by atoms with Gasteiger partial charge in [-0.2, -0.15) is 0 Å². The molecule has 0 amide bonds. The summed E-state index contributed by atoms with van der Waals surface area (Å²) in [4.78, 5) is 0. The van der Waals surface area contributed by atoms with Crippen molar-refractivity contribution in [1.29, 1.82) is 0 Å². The van der Waals surface area contributed by atoms with Crippen LogP contribution in [0.2, 0.25) is 0 Å². The summed E-state index contributed by atoms with van der Waals surface area (Å²) in [6.07, 6.45) is 4.40. The Balaban J connectivity index is 2.47. The average Bonchev–Trinajstić information content (AvgIpc) is 2.12. The van der Waals surface area contributed by atoms with Gasteiger partial charge in [-0.15, -0.1) is 0 Å². The Hall–Kier alpha value is -0.130. The quantitative estimate of drug-likeness (QED) is 0.771. The predicted octanol–water partition coefficient (Wildman–Crippen LogP) is 1.26. The maximum atomic E-state index is 11.6. The van der Waals surface area contributed by atoms with Crippen molar-refractivity contribution >= 4 is 10.0 Å². The summed E-state index contributed by atoms with van der Waals surface area (Å²) >= 11 is 0. The van der Waals surface area contributed by atoms with Crippen molar-refractivity contribution in [1.82, 2.24) is 4.72 Å². The van der Waals surface area contributed by atoms with E-state index in [-0.39, 0.29) is 23.8 Å². The zero-order chi connectivity index (χ0) is 12.2. The van der Waals surface area contributed by atoms with Gasteiger partial charge < -0.3 is 5.11 Å². The molecule has 0 saturated heterocycles. The fourth-order valence-electron chi connectivity index (χ4n) is 2.37. The summed E-state index contributed by atoms with van der Waals surface area (Å²) in [5.74, 6) is 0.0282. The van der Waals surface area contributed by atoms with Crippen molar-refractivity contribution < 1.29 is 13.5 Å². The van der Waals surface area contributed by atoms with Crippen molar-refractivity contribution in [3.8, 4) is 0 Å². The van der Waals surface area contributed by atoms with Gasteiger partial charge in [-0.25, -0.2) is 13.1 Å². The van der Waals surface area contributed by atoms with E-state index in [9.17, 15) is 8.42 Å². The SMILES string of the molecule is CC1(C)CCCC(NS(=O)(=O)CCCO)C1. The largest absolute Gasteiger partial charge is 0.396 e. The van der Waals surface area contributed by atoms with E-state index in [0.29, 0.717) is 6.42 Å². The highest BCUT2D eigenvalue weighted by molar-refractivity contribution is 7.89. The topological polar surface area (TPSA) is 66.4 Å². The summed E-state index contributed by atoms with van der Waals surface area (Å²) in [5, 5.41) is 8.63. The molecule has 2 N–H and O–H groups in total. The van der Waals surface area contributed by atoms with Crippen LogP contribution >= 0.6 is 0 Å². The first kappa shape index (κ1) is 13.9. The molecular weight excluding hydrogens is 226 g/mol. The predicted molar refractivity (Wildman–Crippen MR) is 64.7 cm³/mol. The van der Waals surface area contributed by atoms with Crippen molar-refractivity contribution in [3.63, 3.8) is 0 Å². The fraction of sp³-hybridized carbons (Fsp3) is 1.00. The molecule has 0 aromatic heterocycles. The lowest BCUT2D eigenvalue weighted by atomic mass is 9.75. The smallest absolute Gasteiger partial charge is 0.211 e. The number of hydrogen-bond donors (Lipinski definition) is 2. The lowest BCUT2D eigenvalue weighted by Crippen LogP contribution is -2.41. The van der Waals surface area contributed by atoms with Crippen LogP contribution in [0.15, 0.2) is 0 Å². The van der Waals surface area contributed by atoms with Crippen molar-refractivity contribution in [2.75, 3.05) is 12.4 Å². The molecule has 0 aromatic carbocycles. The van der Waals surface area contributed by atoms with Crippen LogP contribution in [0.5, 0.6) is 0 Å². The number of hydrogen-bond acceptors (Lipinski definition) is 3.